The topological polar surface area (TPSA) is 49.2 Å². The van der Waals surface area contributed by atoms with E-state index < -0.39 is 0 Å². The van der Waals surface area contributed by atoms with Crippen LogP contribution in [-0.2, 0) is 13.1 Å². The van der Waals surface area contributed by atoms with Crippen molar-refractivity contribution in [2.45, 2.75) is 13.1 Å². The first-order chi connectivity index (χ1) is 11.8. The molecule has 3 aromatic heterocycles. The van der Waals surface area contributed by atoms with E-state index >= 15 is 0 Å². The molecular formula is C19H16N2O2S. The summed E-state index contributed by atoms with van der Waals surface area (Å²) in [5, 5.41) is 3.06. The maximum Gasteiger partial charge on any atom is 0.271 e. The Bertz CT molecular complexity index is 870. The monoisotopic (exact) mass is 336 g/mol. The van der Waals surface area contributed by atoms with Gasteiger partial charge in [-0.15, -0.1) is 11.3 Å². The summed E-state index contributed by atoms with van der Waals surface area (Å²) in [6, 6.07) is 17.6. The molecule has 0 fully saturated rings. The van der Waals surface area contributed by atoms with Crippen LogP contribution in [0.15, 0.2) is 70.7 Å². The number of benzene rings is 1. The molecule has 0 saturated carbocycles. The molecule has 5 heteroatoms. The minimum absolute atomic E-state index is 0.0315. The van der Waals surface area contributed by atoms with Gasteiger partial charge in [-0.05, 0) is 35.7 Å². The largest absolute Gasteiger partial charge is 0.467 e. The summed E-state index contributed by atoms with van der Waals surface area (Å²) in [6.45, 7) is 1.01. The van der Waals surface area contributed by atoms with Crippen LogP contribution >= 0.6 is 11.3 Å². The van der Waals surface area contributed by atoms with Gasteiger partial charge in [-0.1, -0.05) is 24.3 Å². The minimum Gasteiger partial charge on any atom is -0.467 e. The van der Waals surface area contributed by atoms with Crippen molar-refractivity contribution in [2.75, 3.05) is 0 Å². The number of hydrogen-bond acceptors (Lipinski definition) is 3. The van der Waals surface area contributed by atoms with Crippen molar-refractivity contribution in [1.29, 1.82) is 0 Å². The number of para-hydroxylation sites is 1. The zero-order valence-electron chi connectivity index (χ0n) is 12.9. The molecule has 1 aromatic carbocycles. The Morgan fingerprint density at radius 1 is 1.08 bits per heavy atom. The van der Waals surface area contributed by atoms with Crippen LogP contribution in [-0.4, -0.2) is 15.8 Å². The predicted octanol–water partition coefficient (Wildman–Crippen LogP) is 4.67. The average Bonchev–Trinajstić information content (AvgIpc) is 3.34. The van der Waals surface area contributed by atoms with E-state index in [1.54, 1.807) is 22.5 Å². The Kier molecular flexibility index (Phi) is 3.92. The van der Waals surface area contributed by atoms with Gasteiger partial charge in [-0.3, -0.25) is 4.79 Å². The lowest BCUT2D eigenvalue weighted by atomic mass is 10.2. The third-order valence-electron chi connectivity index (χ3n) is 3.90. The van der Waals surface area contributed by atoms with Gasteiger partial charge in [0, 0.05) is 15.8 Å². The van der Waals surface area contributed by atoms with Crippen molar-refractivity contribution >= 4 is 28.1 Å². The maximum absolute atomic E-state index is 13.0. The molecule has 0 spiro atoms. The van der Waals surface area contributed by atoms with Crippen molar-refractivity contribution in [3.8, 4) is 0 Å². The van der Waals surface area contributed by atoms with Gasteiger partial charge in [-0.25, -0.2) is 0 Å². The SMILES string of the molecule is O=C(c1cc2ccccc2[nH]1)N(Cc1ccco1)Cc1cccs1. The number of amides is 1. The first-order valence-electron chi connectivity index (χ1n) is 7.71. The molecule has 0 unspecified atom stereocenters. The summed E-state index contributed by atoms with van der Waals surface area (Å²) in [4.78, 5) is 19.2. The highest BCUT2D eigenvalue weighted by Crippen LogP contribution is 2.20. The number of carbonyl (C=O) groups excluding carboxylic acids is 1. The van der Waals surface area contributed by atoms with Gasteiger partial charge in [0.1, 0.15) is 11.5 Å². The lowest BCUT2D eigenvalue weighted by Crippen LogP contribution is -2.29. The molecule has 1 amide bonds. The number of furan rings is 1. The maximum atomic E-state index is 13.0. The number of aromatic nitrogens is 1. The van der Waals surface area contributed by atoms with Crippen molar-refractivity contribution in [2.24, 2.45) is 0 Å². The molecule has 0 aliphatic carbocycles. The molecule has 0 aliphatic heterocycles. The third-order valence-corrected chi connectivity index (χ3v) is 4.76. The number of fused-ring (bicyclic) bond motifs is 1. The van der Waals surface area contributed by atoms with Gasteiger partial charge in [-0.2, -0.15) is 0 Å². The highest BCUT2D eigenvalue weighted by molar-refractivity contribution is 7.09. The second-order valence-corrected chi connectivity index (χ2v) is 6.62. The fourth-order valence-corrected chi connectivity index (χ4v) is 3.46. The van der Waals surface area contributed by atoms with E-state index in [2.05, 4.69) is 4.98 Å². The molecule has 24 heavy (non-hydrogen) atoms. The average molecular weight is 336 g/mol. The molecule has 3 heterocycles. The molecule has 0 radical (unpaired) electrons. The Morgan fingerprint density at radius 3 is 2.75 bits per heavy atom. The molecular weight excluding hydrogens is 320 g/mol. The van der Waals surface area contributed by atoms with Crippen LogP contribution in [0.4, 0.5) is 0 Å². The first-order valence-corrected chi connectivity index (χ1v) is 8.59. The molecule has 120 valence electrons. The van der Waals surface area contributed by atoms with Gasteiger partial charge in [0.25, 0.3) is 5.91 Å². The van der Waals surface area contributed by atoms with Gasteiger partial charge in [0.15, 0.2) is 0 Å². The Labute approximate surface area is 143 Å². The summed E-state index contributed by atoms with van der Waals surface area (Å²) >= 11 is 1.65. The lowest BCUT2D eigenvalue weighted by molar-refractivity contribution is 0.0714. The standard InChI is InChI=1S/C19H16N2O2S/c22-19(18-11-14-5-1-2-8-17(14)20-18)21(12-15-6-3-9-23-15)13-16-7-4-10-24-16/h1-11,20H,12-13H2. The van der Waals surface area contributed by atoms with Gasteiger partial charge < -0.3 is 14.3 Å². The third kappa shape index (κ3) is 2.98. The second-order valence-electron chi connectivity index (χ2n) is 5.59. The lowest BCUT2D eigenvalue weighted by Gasteiger charge is -2.20. The number of rotatable bonds is 5. The van der Waals surface area contributed by atoms with E-state index in [-0.39, 0.29) is 5.91 Å². The molecule has 0 saturated heterocycles. The number of nitrogens with zero attached hydrogens (tertiary/aromatic N) is 1. The zero-order valence-corrected chi connectivity index (χ0v) is 13.8. The minimum atomic E-state index is -0.0315. The van der Waals surface area contributed by atoms with Crippen molar-refractivity contribution in [3.05, 3.63) is 82.6 Å². The van der Waals surface area contributed by atoms with E-state index in [0.717, 1.165) is 21.5 Å². The van der Waals surface area contributed by atoms with E-state index in [1.807, 2.05) is 60.0 Å². The number of hydrogen-bond donors (Lipinski definition) is 1. The number of nitrogens with one attached hydrogen (secondary N) is 1. The summed E-state index contributed by atoms with van der Waals surface area (Å²) in [5.41, 5.74) is 1.56. The van der Waals surface area contributed by atoms with Crippen LogP contribution in [0.2, 0.25) is 0 Å². The summed E-state index contributed by atoms with van der Waals surface area (Å²) in [7, 11) is 0. The molecule has 4 nitrogen and oxygen atoms in total. The van der Waals surface area contributed by atoms with Crippen LogP contribution in [0, 0.1) is 0 Å². The summed E-state index contributed by atoms with van der Waals surface area (Å²) < 4.78 is 5.43. The summed E-state index contributed by atoms with van der Waals surface area (Å²) in [6.07, 6.45) is 1.63. The Hall–Kier alpha value is -2.79. The fraction of sp³-hybridized carbons (Fsp3) is 0.105. The predicted molar refractivity (Wildman–Crippen MR) is 94.9 cm³/mol. The number of carbonyl (C=O) groups is 1. The summed E-state index contributed by atoms with van der Waals surface area (Å²) in [5.74, 6) is 0.743. The van der Waals surface area contributed by atoms with Gasteiger partial charge in [0.05, 0.1) is 19.4 Å². The van der Waals surface area contributed by atoms with Gasteiger partial charge >= 0.3 is 0 Å². The molecule has 4 aromatic rings. The first kappa shape index (κ1) is 14.8. The highest BCUT2D eigenvalue weighted by Gasteiger charge is 2.20. The Balaban J connectivity index is 1.64. The van der Waals surface area contributed by atoms with E-state index in [0.29, 0.717) is 18.8 Å². The number of H-pyrrole nitrogens is 1. The van der Waals surface area contributed by atoms with Gasteiger partial charge in [0.2, 0.25) is 0 Å². The zero-order chi connectivity index (χ0) is 16.4. The number of aromatic amines is 1. The number of thiophene rings is 1. The van der Waals surface area contributed by atoms with Crippen LogP contribution < -0.4 is 0 Å². The second kappa shape index (κ2) is 6.37. The van der Waals surface area contributed by atoms with Crippen molar-refractivity contribution in [3.63, 3.8) is 0 Å². The Morgan fingerprint density at radius 2 is 2.00 bits per heavy atom. The molecule has 1 N–H and O–H groups in total. The smallest absolute Gasteiger partial charge is 0.271 e. The molecule has 4 rings (SSSR count). The molecule has 0 aliphatic rings. The fourth-order valence-electron chi connectivity index (χ4n) is 2.74. The normalized spacial score (nSPS) is 11.0. The van der Waals surface area contributed by atoms with E-state index in [4.69, 9.17) is 4.42 Å². The molecule has 0 atom stereocenters. The van der Waals surface area contributed by atoms with Crippen LogP contribution in [0.1, 0.15) is 21.1 Å². The van der Waals surface area contributed by atoms with Crippen molar-refractivity contribution in [1.82, 2.24) is 9.88 Å². The van der Waals surface area contributed by atoms with Crippen molar-refractivity contribution < 1.29 is 9.21 Å². The van der Waals surface area contributed by atoms with Crippen LogP contribution in [0.5, 0.6) is 0 Å². The quantitative estimate of drug-likeness (QED) is 0.576. The highest BCUT2D eigenvalue weighted by atomic mass is 32.1. The molecule has 0 bridgehead atoms. The van der Waals surface area contributed by atoms with E-state index in [1.165, 1.54) is 0 Å². The van der Waals surface area contributed by atoms with Crippen LogP contribution in [0.3, 0.4) is 0 Å². The van der Waals surface area contributed by atoms with E-state index in [9.17, 15) is 4.79 Å². The van der Waals surface area contributed by atoms with Crippen LogP contribution in [0.25, 0.3) is 10.9 Å².